The molecule has 0 radical (unpaired) electrons. The van der Waals surface area contributed by atoms with E-state index in [-0.39, 0.29) is 18.2 Å². The van der Waals surface area contributed by atoms with Crippen molar-refractivity contribution in [2.24, 2.45) is 0 Å². The van der Waals surface area contributed by atoms with Crippen LogP contribution < -0.4 is 0 Å². The summed E-state index contributed by atoms with van der Waals surface area (Å²) in [7, 11) is -3.20. The normalized spacial score (nSPS) is 17.3. The first-order valence-electron chi connectivity index (χ1n) is 4.69. The number of hydrogen-bond donors (Lipinski definition) is 1. The number of carboxylic acid groups (broad SMARTS) is 1. The lowest BCUT2D eigenvalue weighted by Gasteiger charge is -2.18. The lowest BCUT2D eigenvalue weighted by Crippen LogP contribution is -2.35. The summed E-state index contributed by atoms with van der Waals surface area (Å²) in [6.07, 6.45) is 1.30. The van der Waals surface area contributed by atoms with Gasteiger partial charge in [0.05, 0.1) is 11.7 Å². The number of sulfonamides is 1. The third-order valence-corrected chi connectivity index (χ3v) is 4.71. The highest BCUT2D eigenvalue weighted by Gasteiger charge is 2.39. The number of nitrogens with zero attached hydrogens (tertiary/aromatic N) is 1. The minimum atomic E-state index is -3.20. The smallest absolute Gasteiger partial charge is 0.304 e. The van der Waals surface area contributed by atoms with Gasteiger partial charge in [-0.15, -0.1) is 0 Å². The first-order valence-corrected chi connectivity index (χ1v) is 6.19. The molecular formula is C8H15NO4S. The van der Waals surface area contributed by atoms with Gasteiger partial charge in [0, 0.05) is 13.1 Å². The van der Waals surface area contributed by atoms with Crippen molar-refractivity contribution in [1.29, 1.82) is 0 Å². The number of hydrogen-bond acceptors (Lipinski definition) is 3. The van der Waals surface area contributed by atoms with E-state index in [1.165, 1.54) is 4.31 Å². The van der Waals surface area contributed by atoms with Crippen LogP contribution in [-0.2, 0) is 14.8 Å². The van der Waals surface area contributed by atoms with Crippen molar-refractivity contribution in [3.8, 4) is 0 Å². The molecule has 0 spiro atoms. The summed E-state index contributed by atoms with van der Waals surface area (Å²) >= 11 is 0. The Morgan fingerprint density at radius 2 is 2.07 bits per heavy atom. The van der Waals surface area contributed by atoms with Crippen molar-refractivity contribution < 1.29 is 18.3 Å². The van der Waals surface area contributed by atoms with Gasteiger partial charge in [0.2, 0.25) is 10.0 Å². The van der Waals surface area contributed by atoms with E-state index in [1.807, 2.05) is 0 Å². The molecule has 5 nitrogen and oxygen atoms in total. The largest absolute Gasteiger partial charge is 0.481 e. The molecule has 6 heteroatoms. The Labute approximate surface area is 83.8 Å². The molecule has 1 N–H and O–H groups in total. The van der Waals surface area contributed by atoms with Crippen molar-refractivity contribution in [3.63, 3.8) is 0 Å². The summed E-state index contributed by atoms with van der Waals surface area (Å²) < 4.78 is 24.6. The second kappa shape index (κ2) is 4.27. The fourth-order valence-corrected chi connectivity index (χ4v) is 3.12. The topological polar surface area (TPSA) is 74.7 Å². The molecule has 1 saturated carbocycles. The molecule has 0 aromatic carbocycles. The van der Waals surface area contributed by atoms with Crippen LogP contribution >= 0.6 is 0 Å². The fraction of sp³-hybridized carbons (Fsp3) is 0.875. The van der Waals surface area contributed by atoms with Crippen LogP contribution in [0.1, 0.15) is 26.2 Å². The number of carboxylic acids is 1. The minimum absolute atomic E-state index is 0.0880. The Morgan fingerprint density at radius 3 is 2.43 bits per heavy atom. The minimum Gasteiger partial charge on any atom is -0.481 e. The van der Waals surface area contributed by atoms with Crippen LogP contribution in [0.4, 0.5) is 0 Å². The maximum absolute atomic E-state index is 11.7. The Hall–Kier alpha value is -0.620. The van der Waals surface area contributed by atoms with Crippen LogP contribution in [0.25, 0.3) is 0 Å². The van der Waals surface area contributed by atoms with Gasteiger partial charge in [-0.3, -0.25) is 4.79 Å². The average Bonchev–Trinajstić information content (AvgIpc) is 2.86. The van der Waals surface area contributed by atoms with Gasteiger partial charge in [-0.05, 0) is 12.8 Å². The van der Waals surface area contributed by atoms with Crippen LogP contribution in [0.5, 0.6) is 0 Å². The van der Waals surface area contributed by atoms with Gasteiger partial charge in [-0.25, -0.2) is 12.7 Å². The molecule has 0 heterocycles. The first kappa shape index (κ1) is 11.5. The summed E-state index contributed by atoms with van der Waals surface area (Å²) in [5.41, 5.74) is 0. The first-order chi connectivity index (χ1) is 6.48. The monoisotopic (exact) mass is 221 g/mol. The molecule has 14 heavy (non-hydrogen) atoms. The van der Waals surface area contributed by atoms with Gasteiger partial charge in [-0.2, -0.15) is 0 Å². The van der Waals surface area contributed by atoms with Gasteiger partial charge < -0.3 is 5.11 Å². The Balaban J connectivity index is 2.56. The molecule has 0 aromatic rings. The summed E-state index contributed by atoms with van der Waals surface area (Å²) in [5.74, 6) is -0.963. The van der Waals surface area contributed by atoms with Gasteiger partial charge in [0.15, 0.2) is 0 Å². The second-order valence-corrected chi connectivity index (χ2v) is 5.59. The molecule has 1 fully saturated rings. The highest BCUT2D eigenvalue weighted by Crippen LogP contribution is 2.30. The molecule has 0 amide bonds. The summed E-state index contributed by atoms with van der Waals surface area (Å²) in [4.78, 5) is 10.3. The lowest BCUT2D eigenvalue weighted by atomic mass is 10.4. The molecule has 0 atom stereocenters. The molecule has 0 aliphatic heterocycles. The van der Waals surface area contributed by atoms with E-state index in [0.717, 1.165) is 0 Å². The highest BCUT2D eigenvalue weighted by atomic mass is 32.2. The van der Waals surface area contributed by atoms with Crippen molar-refractivity contribution >= 4 is 16.0 Å². The third kappa shape index (κ3) is 2.68. The summed E-state index contributed by atoms with van der Waals surface area (Å²) in [6.45, 7) is 2.17. The molecule has 0 bridgehead atoms. The van der Waals surface area contributed by atoms with E-state index in [2.05, 4.69) is 0 Å². The van der Waals surface area contributed by atoms with Crippen LogP contribution in [0, 0.1) is 0 Å². The third-order valence-electron chi connectivity index (χ3n) is 2.23. The van der Waals surface area contributed by atoms with E-state index in [4.69, 9.17) is 5.11 Å². The van der Waals surface area contributed by atoms with Crippen molar-refractivity contribution in [3.05, 3.63) is 0 Å². The van der Waals surface area contributed by atoms with Crippen LogP contribution in [0.15, 0.2) is 0 Å². The van der Waals surface area contributed by atoms with Gasteiger partial charge in [-0.1, -0.05) is 6.92 Å². The van der Waals surface area contributed by atoms with E-state index in [1.54, 1.807) is 6.92 Å². The van der Waals surface area contributed by atoms with Gasteiger partial charge in [0.25, 0.3) is 0 Å². The predicted molar refractivity (Wildman–Crippen MR) is 51.4 cm³/mol. The second-order valence-electron chi connectivity index (χ2n) is 3.38. The fourth-order valence-electron chi connectivity index (χ4n) is 1.26. The zero-order valence-electron chi connectivity index (χ0n) is 8.14. The molecule has 1 rings (SSSR count). The van der Waals surface area contributed by atoms with E-state index < -0.39 is 16.0 Å². The summed E-state index contributed by atoms with van der Waals surface area (Å²) in [5, 5.41) is 8.20. The molecule has 1 aliphatic rings. The highest BCUT2D eigenvalue weighted by molar-refractivity contribution is 7.90. The number of carbonyl (C=O) groups is 1. The molecular weight excluding hydrogens is 206 g/mol. The maximum atomic E-state index is 11.7. The van der Waals surface area contributed by atoms with E-state index >= 15 is 0 Å². The standard InChI is InChI=1S/C8H15NO4S/c1-2-9(6-5-8(10)11)14(12,13)7-3-4-7/h7H,2-6H2,1H3,(H,10,11). The summed E-state index contributed by atoms with van der Waals surface area (Å²) in [6, 6.07) is 0. The van der Waals surface area contributed by atoms with Crippen LogP contribution in [0.2, 0.25) is 0 Å². The SMILES string of the molecule is CCN(CCC(=O)O)S(=O)(=O)C1CC1. The maximum Gasteiger partial charge on any atom is 0.304 e. The quantitative estimate of drug-likeness (QED) is 0.699. The Kier molecular flexibility index (Phi) is 3.49. The van der Waals surface area contributed by atoms with E-state index in [9.17, 15) is 13.2 Å². The van der Waals surface area contributed by atoms with Crippen molar-refractivity contribution in [1.82, 2.24) is 4.31 Å². The Morgan fingerprint density at radius 1 is 1.50 bits per heavy atom. The van der Waals surface area contributed by atoms with Gasteiger partial charge in [0.1, 0.15) is 0 Å². The van der Waals surface area contributed by atoms with Gasteiger partial charge >= 0.3 is 5.97 Å². The Bertz CT molecular complexity index is 307. The van der Waals surface area contributed by atoms with Crippen LogP contribution in [0.3, 0.4) is 0 Å². The molecule has 0 unspecified atom stereocenters. The average molecular weight is 221 g/mol. The van der Waals surface area contributed by atoms with Crippen molar-refractivity contribution in [2.45, 2.75) is 31.4 Å². The predicted octanol–water partition coefficient (Wildman–Crippen LogP) is 0.275. The molecule has 0 aromatic heterocycles. The molecule has 1 aliphatic carbocycles. The molecule has 82 valence electrons. The number of rotatable bonds is 6. The zero-order valence-corrected chi connectivity index (χ0v) is 8.96. The lowest BCUT2D eigenvalue weighted by molar-refractivity contribution is -0.137. The molecule has 0 saturated heterocycles. The van der Waals surface area contributed by atoms with E-state index in [0.29, 0.717) is 19.4 Å². The van der Waals surface area contributed by atoms with Crippen molar-refractivity contribution in [2.75, 3.05) is 13.1 Å². The zero-order chi connectivity index (χ0) is 10.8. The van der Waals surface area contributed by atoms with Crippen LogP contribution in [-0.4, -0.2) is 42.1 Å². The number of aliphatic carboxylic acids is 1.